The number of nitrogens with two attached hydrogens (primary N) is 1. The second-order valence-electron chi connectivity index (χ2n) is 7.37. The van der Waals surface area contributed by atoms with Gasteiger partial charge in [-0.15, -0.1) is 0 Å². The van der Waals surface area contributed by atoms with Gasteiger partial charge in [-0.05, 0) is 68.3 Å². The summed E-state index contributed by atoms with van der Waals surface area (Å²) in [7, 11) is 7.05. The van der Waals surface area contributed by atoms with Crippen molar-refractivity contribution in [3.05, 3.63) is 42.0 Å². The van der Waals surface area contributed by atoms with Crippen molar-refractivity contribution in [1.29, 1.82) is 0 Å². The SMILES string of the molecule is CCC(Oc1ccc(N)cc1)C(CC)N(C)CCc1cc(OC)c(OC)c(OC)c1. The third-order valence-electron chi connectivity index (χ3n) is 5.46. The number of ether oxygens (including phenoxy) is 4. The molecule has 0 saturated heterocycles. The highest BCUT2D eigenvalue weighted by Crippen LogP contribution is 2.38. The average Bonchev–Trinajstić information content (AvgIpc) is 2.77. The van der Waals surface area contributed by atoms with Crippen LogP contribution >= 0.6 is 0 Å². The Balaban J connectivity index is 2.08. The normalized spacial score (nSPS) is 13.0. The fourth-order valence-corrected chi connectivity index (χ4v) is 3.76. The van der Waals surface area contributed by atoms with Gasteiger partial charge in [0, 0.05) is 18.3 Å². The van der Waals surface area contributed by atoms with E-state index in [-0.39, 0.29) is 6.10 Å². The molecule has 0 aliphatic heterocycles. The Kier molecular flexibility index (Phi) is 9.12. The Bertz CT molecular complexity index is 754. The summed E-state index contributed by atoms with van der Waals surface area (Å²) in [5.41, 5.74) is 7.67. The first-order valence-corrected chi connectivity index (χ1v) is 10.5. The van der Waals surface area contributed by atoms with E-state index in [0.717, 1.165) is 42.8 Å². The largest absolute Gasteiger partial charge is 0.493 e. The lowest BCUT2D eigenvalue weighted by Gasteiger charge is -2.34. The molecule has 0 amide bonds. The molecule has 2 aromatic carbocycles. The van der Waals surface area contributed by atoms with Gasteiger partial charge in [-0.3, -0.25) is 4.90 Å². The molecule has 6 heteroatoms. The number of rotatable bonds is 12. The highest BCUT2D eigenvalue weighted by molar-refractivity contribution is 5.53. The fraction of sp³-hybridized carbons (Fsp3) is 0.500. The molecular weight excluding hydrogens is 380 g/mol. The van der Waals surface area contributed by atoms with E-state index in [2.05, 4.69) is 25.8 Å². The molecule has 0 heterocycles. The van der Waals surface area contributed by atoms with E-state index < -0.39 is 0 Å². The van der Waals surface area contributed by atoms with E-state index in [0.29, 0.717) is 23.3 Å². The van der Waals surface area contributed by atoms with E-state index >= 15 is 0 Å². The monoisotopic (exact) mass is 416 g/mol. The number of likely N-dealkylation sites (N-methyl/N-ethyl adjacent to an activating group) is 1. The van der Waals surface area contributed by atoms with Gasteiger partial charge in [0.15, 0.2) is 11.5 Å². The highest BCUT2D eigenvalue weighted by Gasteiger charge is 2.24. The molecule has 0 radical (unpaired) electrons. The summed E-state index contributed by atoms with van der Waals surface area (Å²) in [5, 5.41) is 0. The summed E-state index contributed by atoms with van der Waals surface area (Å²) in [6, 6.07) is 11.9. The summed E-state index contributed by atoms with van der Waals surface area (Å²) < 4.78 is 22.7. The molecule has 0 bridgehead atoms. The Labute approximate surface area is 180 Å². The summed E-state index contributed by atoms with van der Waals surface area (Å²) >= 11 is 0. The van der Waals surface area contributed by atoms with Gasteiger partial charge in [0.05, 0.1) is 21.3 Å². The van der Waals surface area contributed by atoms with Gasteiger partial charge in [-0.25, -0.2) is 0 Å². The van der Waals surface area contributed by atoms with E-state index in [4.69, 9.17) is 24.7 Å². The molecule has 2 rings (SSSR count). The molecule has 2 N–H and O–H groups in total. The molecule has 0 aliphatic rings. The Morgan fingerprint density at radius 3 is 1.97 bits per heavy atom. The fourth-order valence-electron chi connectivity index (χ4n) is 3.76. The summed E-state index contributed by atoms with van der Waals surface area (Å²) in [4.78, 5) is 2.37. The molecule has 2 atom stereocenters. The first-order chi connectivity index (χ1) is 14.5. The molecule has 6 nitrogen and oxygen atoms in total. The smallest absolute Gasteiger partial charge is 0.203 e. The maximum Gasteiger partial charge on any atom is 0.203 e. The molecule has 2 unspecified atom stereocenters. The van der Waals surface area contributed by atoms with Gasteiger partial charge in [0.1, 0.15) is 11.9 Å². The third-order valence-corrected chi connectivity index (χ3v) is 5.46. The van der Waals surface area contributed by atoms with Crippen LogP contribution < -0.4 is 24.7 Å². The van der Waals surface area contributed by atoms with Crippen LogP contribution in [0.4, 0.5) is 5.69 Å². The van der Waals surface area contributed by atoms with Crippen molar-refractivity contribution in [2.24, 2.45) is 0 Å². The predicted octanol–water partition coefficient (Wildman–Crippen LogP) is 4.41. The first kappa shape index (κ1) is 23.7. The average molecular weight is 417 g/mol. The lowest BCUT2D eigenvalue weighted by Crippen LogP contribution is -2.44. The van der Waals surface area contributed by atoms with Gasteiger partial charge in [-0.2, -0.15) is 0 Å². The number of nitrogen functional groups attached to an aromatic ring is 1. The Hall–Kier alpha value is -2.60. The minimum absolute atomic E-state index is 0.101. The third kappa shape index (κ3) is 5.95. The lowest BCUT2D eigenvalue weighted by atomic mass is 10.0. The number of nitrogens with zero attached hydrogens (tertiary/aromatic N) is 1. The standard InChI is InChI=1S/C24H36N2O4/c1-7-20(21(8-2)30-19-11-9-18(25)10-12-19)26(3)14-13-17-15-22(27-4)24(29-6)23(16-17)28-5/h9-12,15-16,20-21H,7-8,13-14,25H2,1-6H3. The number of methoxy groups -OCH3 is 3. The van der Waals surface area contributed by atoms with Crippen molar-refractivity contribution in [3.8, 4) is 23.0 Å². The molecule has 2 aromatic rings. The zero-order valence-electron chi connectivity index (χ0n) is 19.1. The van der Waals surface area contributed by atoms with E-state index in [9.17, 15) is 0 Å². The molecule has 30 heavy (non-hydrogen) atoms. The topological polar surface area (TPSA) is 66.2 Å². The first-order valence-electron chi connectivity index (χ1n) is 10.5. The van der Waals surface area contributed by atoms with Crippen molar-refractivity contribution in [2.75, 3.05) is 40.7 Å². The second kappa shape index (κ2) is 11.6. The zero-order chi connectivity index (χ0) is 22.1. The van der Waals surface area contributed by atoms with E-state index in [1.165, 1.54) is 0 Å². The molecule has 166 valence electrons. The molecule has 0 saturated carbocycles. The quantitative estimate of drug-likeness (QED) is 0.517. The van der Waals surface area contributed by atoms with Gasteiger partial charge in [0.2, 0.25) is 5.75 Å². The summed E-state index contributed by atoms with van der Waals surface area (Å²) in [6.45, 7) is 5.26. The maximum atomic E-state index is 6.29. The van der Waals surface area contributed by atoms with Gasteiger partial charge in [-0.1, -0.05) is 13.8 Å². The molecule has 0 fully saturated rings. The summed E-state index contributed by atoms with van der Waals surface area (Å²) in [5.74, 6) is 2.83. The van der Waals surface area contributed by atoms with E-state index in [1.54, 1.807) is 21.3 Å². The molecule has 0 aliphatic carbocycles. The van der Waals surface area contributed by atoms with Crippen molar-refractivity contribution >= 4 is 5.69 Å². The van der Waals surface area contributed by atoms with Crippen LogP contribution in [-0.4, -0.2) is 52.0 Å². The van der Waals surface area contributed by atoms with Crippen LogP contribution in [-0.2, 0) is 6.42 Å². The minimum atomic E-state index is 0.101. The number of hydrogen-bond donors (Lipinski definition) is 1. The zero-order valence-corrected chi connectivity index (χ0v) is 19.1. The number of anilines is 1. The number of hydrogen-bond acceptors (Lipinski definition) is 6. The minimum Gasteiger partial charge on any atom is -0.493 e. The lowest BCUT2D eigenvalue weighted by molar-refractivity contribution is 0.0771. The van der Waals surface area contributed by atoms with Crippen LogP contribution in [0.25, 0.3) is 0 Å². The van der Waals surface area contributed by atoms with Crippen LogP contribution in [0.15, 0.2) is 36.4 Å². The van der Waals surface area contributed by atoms with E-state index in [1.807, 2.05) is 36.4 Å². The van der Waals surface area contributed by atoms with Crippen molar-refractivity contribution < 1.29 is 18.9 Å². The van der Waals surface area contributed by atoms with Crippen LogP contribution in [0.3, 0.4) is 0 Å². The number of benzene rings is 2. The maximum absolute atomic E-state index is 6.29. The summed E-state index contributed by atoms with van der Waals surface area (Å²) in [6.07, 6.45) is 2.89. The van der Waals surface area contributed by atoms with Gasteiger partial charge in [0.25, 0.3) is 0 Å². The molecular formula is C24H36N2O4. The van der Waals surface area contributed by atoms with Gasteiger partial charge < -0.3 is 24.7 Å². The van der Waals surface area contributed by atoms with Crippen molar-refractivity contribution in [2.45, 2.75) is 45.3 Å². The second-order valence-corrected chi connectivity index (χ2v) is 7.37. The van der Waals surface area contributed by atoms with Crippen LogP contribution in [0.5, 0.6) is 23.0 Å². The Morgan fingerprint density at radius 1 is 0.900 bits per heavy atom. The van der Waals surface area contributed by atoms with Crippen molar-refractivity contribution in [3.63, 3.8) is 0 Å². The molecule has 0 spiro atoms. The van der Waals surface area contributed by atoms with Crippen LogP contribution in [0.1, 0.15) is 32.3 Å². The van der Waals surface area contributed by atoms with Crippen LogP contribution in [0.2, 0.25) is 0 Å². The molecule has 0 aromatic heterocycles. The van der Waals surface area contributed by atoms with Crippen LogP contribution in [0, 0.1) is 0 Å². The predicted molar refractivity (Wildman–Crippen MR) is 122 cm³/mol. The van der Waals surface area contributed by atoms with Gasteiger partial charge >= 0.3 is 0 Å². The van der Waals surface area contributed by atoms with Crippen molar-refractivity contribution in [1.82, 2.24) is 4.90 Å². The highest BCUT2D eigenvalue weighted by atomic mass is 16.5. The Morgan fingerprint density at radius 2 is 1.50 bits per heavy atom.